The number of nitrogens with one attached hydrogen (secondary N) is 2. The summed E-state index contributed by atoms with van der Waals surface area (Å²) in [7, 11) is 1.96. The number of amides is 2. The number of aromatic nitrogens is 2. The molecule has 4 aliphatic rings. The van der Waals surface area contributed by atoms with Crippen LogP contribution in [0.2, 0.25) is 0 Å². The molecular weight excluding hydrogens is 494 g/mol. The highest BCUT2D eigenvalue weighted by molar-refractivity contribution is 6.16. The molecule has 39 heavy (non-hydrogen) atoms. The number of aryl methyl sites for hydroxylation is 1. The lowest BCUT2D eigenvalue weighted by Gasteiger charge is -2.34. The Balaban J connectivity index is 1.14. The fourth-order valence-electron chi connectivity index (χ4n) is 6.51. The summed E-state index contributed by atoms with van der Waals surface area (Å²) in [5, 5.41) is 6.94. The SMILES string of the molecule is Cn1cc(C=C2Oc3ccc(NC(=O)NC4CCCCC4)cc3C2=O)c2c(N3CC4CCC(C3)O4)ccnc21. The van der Waals surface area contributed by atoms with Crippen molar-refractivity contribution in [3.8, 4) is 5.75 Å². The molecule has 1 aliphatic carbocycles. The Bertz CT molecular complexity index is 1480. The number of urea groups is 1. The minimum atomic E-state index is -0.240. The van der Waals surface area contributed by atoms with Crippen LogP contribution in [-0.4, -0.2) is 52.7 Å². The van der Waals surface area contributed by atoms with Gasteiger partial charge in [-0.1, -0.05) is 19.3 Å². The van der Waals surface area contributed by atoms with Crippen molar-refractivity contribution < 1.29 is 19.1 Å². The number of rotatable bonds is 4. The number of ether oxygens (including phenoxy) is 2. The number of hydrogen-bond acceptors (Lipinski definition) is 6. The number of ketones is 1. The first-order valence-electron chi connectivity index (χ1n) is 14.0. The van der Waals surface area contributed by atoms with E-state index in [-0.39, 0.29) is 35.8 Å². The summed E-state index contributed by atoms with van der Waals surface area (Å²) in [5.74, 6) is 0.555. The summed E-state index contributed by atoms with van der Waals surface area (Å²) in [6, 6.07) is 7.22. The fraction of sp³-hybridized carbons (Fsp3) is 0.433. The summed E-state index contributed by atoms with van der Waals surface area (Å²) in [5.41, 5.74) is 3.86. The topological polar surface area (TPSA) is 97.7 Å². The second-order valence-electron chi connectivity index (χ2n) is 11.2. The van der Waals surface area contributed by atoms with Crippen molar-refractivity contribution in [2.75, 3.05) is 23.3 Å². The maximum Gasteiger partial charge on any atom is 0.319 e. The third-order valence-corrected chi connectivity index (χ3v) is 8.40. The number of hydrogen-bond donors (Lipinski definition) is 2. The Labute approximate surface area is 227 Å². The molecule has 2 unspecified atom stereocenters. The molecule has 5 heterocycles. The van der Waals surface area contributed by atoms with Gasteiger partial charge in [-0.15, -0.1) is 0 Å². The van der Waals surface area contributed by atoms with Crippen molar-refractivity contribution in [2.24, 2.45) is 7.05 Å². The lowest BCUT2D eigenvalue weighted by atomic mass is 9.96. The largest absolute Gasteiger partial charge is 0.452 e. The summed E-state index contributed by atoms with van der Waals surface area (Å²) in [6.45, 7) is 1.71. The van der Waals surface area contributed by atoms with Crippen LogP contribution in [0.5, 0.6) is 5.75 Å². The molecule has 0 radical (unpaired) electrons. The fourth-order valence-corrected chi connectivity index (χ4v) is 6.51. The second-order valence-corrected chi connectivity index (χ2v) is 11.2. The molecule has 9 heteroatoms. The van der Waals surface area contributed by atoms with Crippen LogP contribution in [0.15, 0.2) is 42.4 Å². The number of allylic oxidation sites excluding steroid dienone is 1. The molecule has 2 bridgehead atoms. The molecule has 0 spiro atoms. The maximum absolute atomic E-state index is 13.4. The van der Waals surface area contributed by atoms with Crippen molar-refractivity contribution in [3.05, 3.63) is 53.5 Å². The van der Waals surface area contributed by atoms with Gasteiger partial charge in [-0.2, -0.15) is 0 Å². The molecule has 7 rings (SSSR count). The van der Waals surface area contributed by atoms with Gasteiger partial charge in [-0.05, 0) is 56.0 Å². The van der Waals surface area contributed by atoms with Gasteiger partial charge >= 0.3 is 6.03 Å². The molecule has 3 fully saturated rings. The van der Waals surface area contributed by atoms with Crippen molar-refractivity contribution in [2.45, 2.75) is 63.2 Å². The van der Waals surface area contributed by atoms with Gasteiger partial charge in [0, 0.05) is 55.2 Å². The Kier molecular flexibility index (Phi) is 6.03. The number of carbonyl (C=O) groups excluding carboxylic acids is 2. The molecule has 9 nitrogen and oxygen atoms in total. The van der Waals surface area contributed by atoms with Crippen LogP contribution < -0.4 is 20.3 Å². The van der Waals surface area contributed by atoms with Gasteiger partial charge in [0.15, 0.2) is 5.76 Å². The van der Waals surface area contributed by atoms with Gasteiger partial charge < -0.3 is 29.6 Å². The monoisotopic (exact) mass is 527 g/mol. The van der Waals surface area contributed by atoms with Crippen LogP contribution >= 0.6 is 0 Å². The van der Waals surface area contributed by atoms with E-state index in [0.29, 0.717) is 17.0 Å². The third kappa shape index (κ3) is 4.54. The average Bonchev–Trinajstić information content (AvgIpc) is 3.56. The van der Waals surface area contributed by atoms with Crippen molar-refractivity contribution in [1.29, 1.82) is 0 Å². The summed E-state index contributed by atoms with van der Waals surface area (Å²) >= 11 is 0. The molecule has 2 amide bonds. The van der Waals surface area contributed by atoms with Crippen LogP contribution in [-0.2, 0) is 11.8 Å². The minimum absolute atomic E-state index is 0.201. The summed E-state index contributed by atoms with van der Waals surface area (Å²) in [6.07, 6.45) is 13.9. The van der Waals surface area contributed by atoms with Crippen LogP contribution in [0.3, 0.4) is 0 Å². The zero-order valence-electron chi connectivity index (χ0n) is 22.1. The number of benzene rings is 1. The van der Waals surface area contributed by atoms with Crippen LogP contribution in [0.4, 0.5) is 16.2 Å². The van der Waals surface area contributed by atoms with Crippen molar-refractivity contribution in [1.82, 2.24) is 14.9 Å². The normalized spacial score (nSPS) is 23.8. The molecule has 3 aliphatic heterocycles. The van der Waals surface area contributed by atoms with Gasteiger partial charge in [0.2, 0.25) is 5.78 Å². The first kappa shape index (κ1) is 24.2. The zero-order valence-corrected chi connectivity index (χ0v) is 22.1. The molecule has 2 atom stereocenters. The van der Waals surface area contributed by atoms with Crippen molar-refractivity contribution in [3.63, 3.8) is 0 Å². The number of Topliss-reactive ketones (excluding diaryl/α,β-unsaturated/α-hetero) is 1. The van der Waals surface area contributed by atoms with Gasteiger partial charge in [0.25, 0.3) is 0 Å². The predicted molar refractivity (Wildman–Crippen MR) is 149 cm³/mol. The Morgan fingerprint density at radius 1 is 1.08 bits per heavy atom. The Morgan fingerprint density at radius 3 is 2.67 bits per heavy atom. The highest BCUT2D eigenvalue weighted by atomic mass is 16.5. The molecule has 2 saturated heterocycles. The van der Waals surface area contributed by atoms with Crippen LogP contribution in [0, 0.1) is 0 Å². The third-order valence-electron chi connectivity index (χ3n) is 8.40. The number of nitrogens with zero attached hydrogens (tertiary/aromatic N) is 3. The first-order chi connectivity index (χ1) is 19.0. The highest BCUT2D eigenvalue weighted by Crippen LogP contribution is 2.38. The predicted octanol–water partition coefficient (Wildman–Crippen LogP) is 5.01. The number of fused-ring (bicyclic) bond motifs is 4. The van der Waals surface area contributed by atoms with Gasteiger partial charge in [-0.3, -0.25) is 4.79 Å². The second kappa shape index (κ2) is 9.72. The van der Waals surface area contributed by atoms with Crippen LogP contribution in [0.1, 0.15) is 60.9 Å². The quantitative estimate of drug-likeness (QED) is 0.463. The molecule has 2 aromatic heterocycles. The number of carbonyl (C=O) groups is 2. The molecular formula is C30H33N5O4. The van der Waals surface area contributed by atoms with E-state index >= 15 is 0 Å². The standard InChI is InChI=1S/C30H33N5O4/c1-34-15-18(27-24(11-12-31-29(27)34)35-16-21-8-9-22(17-35)38-21)13-26-28(36)23-14-20(7-10-25(23)39-26)33-30(37)32-19-5-3-2-4-6-19/h7,10-15,19,21-22H,2-6,8-9,16-17H2,1H3,(H2,32,33,37). The minimum Gasteiger partial charge on any atom is -0.452 e. The molecule has 202 valence electrons. The lowest BCUT2D eigenvalue weighted by Crippen LogP contribution is -2.42. The number of morpholine rings is 1. The lowest BCUT2D eigenvalue weighted by molar-refractivity contribution is 0.0306. The molecule has 1 aromatic carbocycles. The van der Waals surface area contributed by atoms with E-state index < -0.39 is 0 Å². The van der Waals surface area contributed by atoms with Gasteiger partial charge in [-0.25, -0.2) is 9.78 Å². The van der Waals surface area contributed by atoms with Crippen molar-refractivity contribution >= 4 is 40.3 Å². The van der Waals surface area contributed by atoms with Gasteiger partial charge in [0.1, 0.15) is 11.4 Å². The molecule has 1 saturated carbocycles. The summed E-state index contributed by atoms with van der Waals surface area (Å²) < 4.78 is 14.1. The van der Waals surface area contributed by atoms with E-state index in [4.69, 9.17) is 9.47 Å². The molecule has 3 aromatic rings. The van der Waals surface area contributed by atoms with E-state index in [2.05, 4.69) is 26.6 Å². The van der Waals surface area contributed by atoms with E-state index in [0.717, 1.165) is 73.9 Å². The highest BCUT2D eigenvalue weighted by Gasteiger charge is 2.35. The van der Waals surface area contributed by atoms with E-state index in [1.165, 1.54) is 6.42 Å². The Hall–Kier alpha value is -3.85. The zero-order chi connectivity index (χ0) is 26.5. The smallest absolute Gasteiger partial charge is 0.319 e. The van der Waals surface area contributed by atoms with E-state index in [1.807, 2.05) is 30.1 Å². The average molecular weight is 528 g/mol. The number of anilines is 2. The molecule has 2 N–H and O–H groups in total. The maximum atomic E-state index is 13.4. The van der Waals surface area contributed by atoms with E-state index in [1.54, 1.807) is 18.2 Å². The first-order valence-corrected chi connectivity index (χ1v) is 14.0. The van der Waals surface area contributed by atoms with Crippen LogP contribution in [0.25, 0.3) is 17.1 Å². The Morgan fingerprint density at radius 2 is 1.87 bits per heavy atom. The van der Waals surface area contributed by atoms with E-state index in [9.17, 15) is 9.59 Å². The number of pyridine rings is 1. The van der Waals surface area contributed by atoms with Gasteiger partial charge in [0.05, 0.1) is 23.5 Å². The summed E-state index contributed by atoms with van der Waals surface area (Å²) in [4.78, 5) is 33.0.